The average Bonchev–Trinajstić information content (AvgIpc) is 3.06. The van der Waals surface area contributed by atoms with E-state index in [4.69, 9.17) is 4.74 Å². The fraction of sp³-hybridized carbons (Fsp3) is 0.257. The Hall–Kier alpha value is -4.70. The van der Waals surface area contributed by atoms with Crippen molar-refractivity contribution in [3.8, 4) is 5.75 Å². The molecule has 0 aliphatic rings. The maximum Gasteiger partial charge on any atom is 0.264 e. The Morgan fingerprint density at radius 3 is 2.13 bits per heavy atom. The topological polar surface area (TPSA) is 96.0 Å². The van der Waals surface area contributed by atoms with Gasteiger partial charge < -0.3 is 15.0 Å². The molecule has 0 aromatic heterocycles. The molecular weight excluding hydrogens is 593 g/mol. The van der Waals surface area contributed by atoms with Crippen molar-refractivity contribution in [2.45, 2.75) is 50.2 Å². The monoisotopic (exact) mass is 631 g/mol. The maximum absolute atomic E-state index is 14.5. The molecule has 0 unspecified atom stereocenters. The van der Waals surface area contributed by atoms with Gasteiger partial charge in [-0.05, 0) is 60.9 Å². The van der Waals surface area contributed by atoms with Crippen LogP contribution in [0.4, 0.5) is 10.1 Å². The quantitative estimate of drug-likeness (QED) is 0.196. The predicted molar refractivity (Wildman–Crippen MR) is 173 cm³/mol. The molecule has 2 atom stereocenters. The molecule has 0 heterocycles. The molecule has 0 saturated carbocycles. The van der Waals surface area contributed by atoms with Gasteiger partial charge in [0.1, 0.15) is 24.2 Å². The van der Waals surface area contributed by atoms with E-state index >= 15 is 0 Å². The number of halogens is 1. The molecule has 0 fully saturated rings. The second kappa shape index (κ2) is 15.3. The number of amides is 2. The normalized spacial score (nSPS) is 12.5. The minimum Gasteiger partial charge on any atom is -0.497 e. The van der Waals surface area contributed by atoms with Crippen molar-refractivity contribution >= 4 is 27.5 Å². The highest BCUT2D eigenvalue weighted by atomic mass is 32.2. The number of carbonyl (C=O) groups excluding carboxylic acids is 2. The van der Waals surface area contributed by atoms with Crippen molar-refractivity contribution in [2.75, 3.05) is 18.0 Å². The van der Waals surface area contributed by atoms with Crippen LogP contribution in [-0.2, 0) is 32.6 Å². The van der Waals surface area contributed by atoms with Crippen molar-refractivity contribution < 1.29 is 27.1 Å². The molecule has 0 aliphatic heterocycles. The van der Waals surface area contributed by atoms with Crippen LogP contribution in [0, 0.1) is 5.82 Å². The first kappa shape index (κ1) is 33.2. The highest BCUT2D eigenvalue weighted by Crippen LogP contribution is 2.28. The standard InChI is InChI=1S/C35H38FN3O5S/c1-4-26(2)37-35(41)33(22-27-12-7-5-8-13-27)38(24-28-18-20-29(36)21-19-28)34(40)25-39(30-14-11-15-31(23-30)44-3)45(42,43)32-16-9-6-10-17-32/h5-21,23,26,33H,4,22,24-25H2,1-3H3,(H,37,41)/t26-,33+/m0/s1. The summed E-state index contributed by atoms with van der Waals surface area (Å²) in [7, 11) is -2.77. The summed E-state index contributed by atoms with van der Waals surface area (Å²) in [5.41, 5.74) is 1.62. The molecule has 4 rings (SSSR count). The summed E-state index contributed by atoms with van der Waals surface area (Å²) >= 11 is 0. The smallest absolute Gasteiger partial charge is 0.264 e. The van der Waals surface area contributed by atoms with Gasteiger partial charge in [0.2, 0.25) is 11.8 Å². The first-order chi connectivity index (χ1) is 21.6. The Morgan fingerprint density at radius 1 is 0.867 bits per heavy atom. The number of rotatable bonds is 14. The van der Waals surface area contributed by atoms with Gasteiger partial charge in [0.05, 0.1) is 17.7 Å². The van der Waals surface area contributed by atoms with E-state index in [1.807, 2.05) is 44.2 Å². The number of ether oxygens (including phenoxy) is 1. The zero-order valence-corrected chi connectivity index (χ0v) is 26.4. The van der Waals surface area contributed by atoms with Gasteiger partial charge in [-0.3, -0.25) is 13.9 Å². The second-order valence-electron chi connectivity index (χ2n) is 10.7. The SMILES string of the molecule is CC[C@H](C)NC(=O)[C@@H](Cc1ccccc1)N(Cc1ccc(F)cc1)C(=O)CN(c1cccc(OC)c1)S(=O)(=O)c1ccccc1. The average molecular weight is 632 g/mol. The molecule has 0 radical (unpaired) electrons. The molecule has 236 valence electrons. The Bertz CT molecular complexity index is 1670. The van der Waals surface area contributed by atoms with Crippen LogP contribution in [-0.4, -0.2) is 50.9 Å². The molecular formula is C35H38FN3O5S. The molecule has 10 heteroatoms. The first-order valence-corrected chi connectivity index (χ1v) is 16.2. The van der Waals surface area contributed by atoms with E-state index in [1.165, 1.54) is 42.3 Å². The fourth-order valence-electron chi connectivity index (χ4n) is 4.80. The van der Waals surface area contributed by atoms with E-state index in [0.29, 0.717) is 17.7 Å². The van der Waals surface area contributed by atoms with Crippen LogP contribution in [0.2, 0.25) is 0 Å². The van der Waals surface area contributed by atoms with Crippen molar-refractivity contribution in [3.63, 3.8) is 0 Å². The van der Waals surface area contributed by atoms with Crippen LogP contribution in [0.3, 0.4) is 0 Å². The number of methoxy groups -OCH3 is 1. The largest absolute Gasteiger partial charge is 0.497 e. The number of nitrogens with one attached hydrogen (secondary N) is 1. The van der Waals surface area contributed by atoms with E-state index in [-0.39, 0.29) is 35.5 Å². The van der Waals surface area contributed by atoms with Crippen LogP contribution in [0.1, 0.15) is 31.4 Å². The second-order valence-corrected chi connectivity index (χ2v) is 12.6. The molecule has 1 N–H and O–H groups in total. The number of carbonyl (C=O) groups is 2. The summed E-state index contributed by atoms with van der Waals surface area (Å²) in [6.07, 6.45) is 0.856. The van der Waals surface area contributed by atoms with Gasteiger partial charge in [-0.1, -0.05) is 73.7 Å². The molecule has 0 bridgehead atoms. The number of hydrogen-bond acceptors (Lipinski definition) is 5. The summed E-state index contributed by atoms with van der Waals surface area (Å²) in [5, 5.41) is 3.00. The third-order valence-electron chi connectivity index (χ3n) is 7.49. The van der Waals surface area contributed by atoms with Crippen molar-refractivity contribution in [1.29, 1.82) is 0 Å². The van der Waals surface area contributed by atoms with Gasteiger partial charge in [0.25, 0.3) is 10.0 Å². The number of anilines is 1. The van der Waals surface area contributed by atoms with Crippen LogP contribution >= 0.6 is 0 Å². The van der Waals surface area contributed by atoms with Crippen LogP contribution in [0.5, 0.6) is 5.75 Å². The summed E-state index contributed by atoms with van der Waals surface area (Å²) < 4.78 is 48.3. The fourth-order valence-corrected chi connectivity index (χ4v) is 6.22. The minimum absolute atomic E-state index is 0.000976. The number of nitrogens with zero attached hydrogens (tertiary/aromatic N) is 2. The van der Waals surface area contributed by atoms with Crippen molar-refractivity contribution in [3.05, 3.63) is 126 Å². The maximum atomic E-state index is 14.5. The lowest BCUT2D eigenvalue weighted by Crippen LogP contribution is -2.54. The Balaban J connectivity index is 1.81. The van der Waals surface area contributed by atoms with Crippen LogP contribution < -0.4 is 14.4 Å². The van der Waals surface area contributed by atoms with Gasteiger partial charge in [-0.2, -0.15) is 0 Å². The lowest BCUT2D eigenvalue weighted by molar-refractivity contribution is -0.140. The van der Waals surface area contributed by atoms with Gasteiger partial charge in [-0.25, -0.2) is 12.8 Å². The Labute approximate surface area is 264 Å². The van der Waals surface area contributed by atoms with Gasteiger partial charge in [0.15, 0.2) is 0 Å². The number of sulfonamides is 1. The number of hydrogen-bond donors (Lipinski definition) is 1. The van der Waals surface area contributed by atoms with Gasteiger partial charge >= 0.3 is 0 Å². The van der Waals surface area contributed by atoms with E-state index in [1.54, 1.807) is 48.5 Å². The molecule has 0 saturated heterocycles. The molecule has 0 aliphatic carbocycles. The molecule has 8 nitrogen and oxygen atoms in total. The van der Waals surface area contributed by atoms with E-state index in [9.17, 15) is 22.4 Å². The zero-order chi connectivity index (χ0) is 32.4. The van der Waals surface area contributed by atoms with Gasteiger partial charge in [-0.15, -0.1) is 0 Å². The summed E-state index contributed by atoms with van der Waals surface area (Å²) in [4.78, 5) is 29.7. The zero-order valence-electron chi connectivity index (χ0n) is 25.6. The molecule has 4 aromatic rings. The Kier molecular flexibility index (Phi) is 11.3. The molecule has 0 spiro atoms. The summed E-state index contributed by atoms with van der Waals surface area (Å²) in [6, 6.07) is 28.1. The highest BCUT2D eigenvalue weighted by Gasteiger charge is 2.35. The van der Waals surface area contributed by atoms with Crippen molar-refractivity contribution in [1.82, 2.24) is 10.2 Å². The molecule has 45 heavy (non-hydrogen) atoms. The predicted octanol–water partition coefficient (Wildman–Crippen LogP) is 5.58. The summed E-state index contributed by atoms with van der Waals surface area (Å²) in [5.74, 6) is -1.01. The minimum atomic E-state index is -4.23. The van der Waals surface area contributed by atoms with Gasteiger partial charge in [0, 0.05) is 25.1 Å². The Morgan fingerprint density at radius 2 is 1.51 bits per heavy atom. The molecule has 4 aromatic carbocycles. The van der Waals surface area contributed by atoms with E-state index in [2.05, 4.69) is 5.32 Å². The van der Waals surface area contributed by atoms with E-state index in [0.717, 1.165) is 9.87 Å². The van der Waals surface area contributed by atoms with Crippen molar-refractivity contribution in [2.24, 2.45) is 0 Å². The number of benzene rings is 4. The summed E-state index contributed by atoms with van der Waals surface area (Å²) in [6.45, 7) is 3.16. The molecule has 2 amide bonds. The van der Waals surface area contributed by atoms with Crippen LogP contribution in [0.25, 0.3) is 0 Å². The van der Waals surface area contributed by atoms with E-state index < -0.39 is 34.3 Å². The third-order valence-corrected chi connectivity index (χ3v) is 9.28. The first-order valence-electron chi connectivity index (χ1n) is 14.7. The van der Waals surface area contributed by atoms with Crippen LogP contribution in [0.15, 0.2) is 114 Å². The lowest BCUT2D eigenvalue weighted by Gasteiger charge is -2.34. The third kappa shape index (κ3) is 8.69. The highest BCUT2D eigenvalue weighted by molar-refractivity contribution is 7.92. The lowest BCUT2D eigenvalue weighted by atomic mass is 10.0.